The van der Waals surface area contributed by atoms with Gasteiger partial charge in [0.15, 0.2) is 0 Å². The average Bonchev–Trinajstić information content (AvgIpc) is 2.76. The first kappa shape index (κ1) is 13.4. The van der Waals surface area contributed by atoms with E-state index in [0.29, 0.717) is 12.2 Å². The zero-order valence-corrected chi connectivity index (χ0v) is 11.2. The minimum Gasteiger partial charge on any atom is -0.299 e. The third kappa shape index (κ3) is 4.93. The summed E-state index contributed by atoms with van der Waals surface area (Å²) in [6.07, 6.45) is 6.72. The van der Waals surface area contributed by atoms with Crippen molar-refractivity contribution in [3.8, 4) is 0 Å². The van der Waals surface area contributed by atoms with Crippen molar-refractivity contribution in [2.24, 2.45) is 5.92 Å². The molecule has 1 aromatic rings. The highest BCUT2D eigenvalue weighted by atomic mass is 32.1. The number of unbranched alkanes of at least 4 members (excludes halogenated alkanes) is 3. The van der Waals surface area contributed by atoms with Gasteiger partial charge < -0.3 is 0 Å². The lowest BCUT2D eigenvalue weighted by molar-refractivity contribution is -0.121. The molecule has 0 bridgehead atoms. The normalized spacial score (nSPS) is 12.6. The maximum absolute atomic E-state index is 11.9. The van der Waals surface area contributed by atoms with E-state index in [-0.39, 0.29) is 5.92 Å². The second-order valence-electron chi connectivity index (χ2n) is 4.47. The van der Waals surface area contributed by atoms with Crippen molar-refractivity contribution >= 4 is 17.1 Å². The number of hydrogen-bond donors (Lipinski definition) is 0. The summed E-state index contributed by atoms with van der Waals surface area (Å²) in [5, 5.41) is 2.04. The number of Topliss-reactive ketones (excluding diaryl/α,β-unsaturated/α-hetero) is 1. The molecular weight excluding hydrogens is 216 g/mol. The predicted molar refractivity (Wildman–Crippen MR) is 71.0 cm³/mol. The number of hydrogen-bond acceptors (Lipinski definition) is 2. The van der Waals surface area contributed by atoms with E-state index in [1.54, 1.807) is 11.3 Å². The Hall–Kier alpha value is -0.630. The van der Waals surface area contributed by atoms with E-state index in [0.717, 1.165) is 6.42 Å². The molecule has 1 nitrogen and oxygen atoms in total. The van der Waals surface area contributed by atoms with Crippen LogP contribution in [0.5, 0.6) is 0 Å². The second kappa shape index (κ2) is 7.61. The van der Waals surface area contributed by atoms with Crippen LogP contribution in [-0.2, 0) is 11.2 Å². The van der Waals surface area contributed by atoms with E-state index in [1.807, 2.05) is 17.5 Å². The number of thiophene rings is 1. The molecule has 1 unspecified atom stereocenters. The summed E-state index contributed by atoms with van der Waals surface area (Å²) < 4.78 is 0. The summed E-state index contributed by atoms with van der Waals surface area (Å²) in [7, 11) is 0. The summed E-state index contributed by atoms with van der Waals surface area (Å²) in [6.45, 7) is 4.28. The highest BCUT2D eigenvalue weighted by Crippen LogP contribution is 2.16. The zero-order chi connectivity index (χ0) is 11.8. The van der Waals surface area contributed by atoms with Gasteiger partial charge in [-0.3, -0.25) is 4.79 Å². The van der Waals surface area contributed by atoms with Gasteiger partial charge in [0.05, 0.1) is 0 Å². The van der Waals surface area contributed by atoms with Gasteiger partial charge in [0.1, 0.15) is 5.78 Å². The smallest absolute Gasteiger partial charge is 0.140 e. The molecule has 90 valence electrons. The monoisotopic (exact) mass is 238 g/mol. The molecule has 1 heterocycles. The van der Waals surface area contributed by atoms with Gasteiger partial charge in [-0.1, -0.05) is 45.6 Å². The lowest BCUT2D eigenvalue weighted by atomic mass is 9.96. The minimum atomic E-state index is 0.235. The Labute approximate surface area is 103 Å². The van der Waals surface area contributed by atoms with Gasteiger partial charge in [-0.25, -0.2) is 0 Å². The molecule has 0 N–H and O–H groups in total. The number of carbonyl (C=O) groups excluding carboxylic acids is 1. The van der Waals surface area contributed by atoms with Crippen LogP contribution in [0.15, 0.2) is 17.5 Å². The van der Waals surface area contributed by atoms with Crippen LogP contribution < -0.4 is 0 Å². The fourth-order valence-electron chi connectivity index (χ4n) is 1.80. The molecule has 0 aromatic carbocycles. The summed E-state index contributed by atoms with van der Waals surface area (Å²) >= 11 is 1.68. The van der Waals surface area contributed by atoms with Crippen molar-refractivity contribution in [2.45, 2.75) is 52.4 Å². The first-order chi connectivity index (χ1) is 7.74. The Morgan fingerprint density at radius 2 is 2.19 bits per heavy atom. The number of ketones is 1. The van der Waals surface area contributed by atoms with Crippen LogP contribution in [0.25, 0.3) is 0 Å². The van der Waals surface area contributed by atoms with Crippen LogP contribution in [0.1, 0.15) is 50.8 Å². The second-order valence-corrected chi connectivity index (χ2v) is 5.51. The Kier molecular flexibility index (Phi) is 6.39. The van der Waals surface area contributed by atoms with Crippen LogP contribution in [0.2, 0.25) is 0 Å². The van der Waals surface area contributed by atoms with Gasteiger partial charge in [0.25, 0.3) is 0 Å². The molecule has 2 heteroatoms. The number of rotatable bonds is 8. The minimum absolute atomic E-state index is 0.235. The average molecular weight is 238 g/mol. The van der Waals surface area contributed by atoms with Gasteiger partial charge in [0.2, 0.25) is 0 Å². The van der Waals surface area contributed by atoms with E-state index < -0.39 is 0 Å². The van der Waals surface area contributed by atoms with Crippen molar-refractivity contribution in [2.75, 3.05) is 0 Å². The predicted octanol–water partition coefficient (Wildman–Crippen LogP) is 4.47. The molecule has 1 atom stereocenters. The molecule has 0 aliphatic rings. The Bertz CT molecular complexity index is 290. The van der Waals surface area contributed by atoms with Crippen molar-refractivity contribution < 1.29 is 4.79 Å². The molecule has 0 saturated carbocycles. The van der Waals surface area contributed by atoms with E-state index in [4.69, 9.17) is 0 Å². The third-order valence-corrected chi connectivity index (χ3v) is 3.85. The fraction of sp³-hybridized carbons (Fsp3) is 0.643. The maximum Gasteiger partial charge on any atom is 0.140 e. The molecule has 0 saturated heterocycles. The summed E-state index contributed by atoms with van der Waals surface area (Å²) in [4.78, 5) is 13.1. The van der Waals surface area contributed by atoms with E-state index in [1.165, 1.54) is 30.6 Å². The Morgan fingerprint density at radius 3 is 2.81 bits per heavy atom. The summed E-state index contributed by atoms with van der Waals surface area (Å²) in [6, 6.07) is 4.06. The zero-order valence-electron chi connectivity index (χ0n) is 10.4. The van der Waals surface area contributed by atoms with Gasteiger partial charge in [-0.05, 0) is 17.9 Å². The lowest BCUT2D eigenvalue weighted by Crippen LogP contribution is -2.13. The summed E-state index contributed by atoms with van der Waals surface area (Å²) in [5.74, 6) is 0.637. The molecule has 1 rings (SSSR count). The van der Waals surface area contributed by atoms with Crippen molar-refractivity contribution in [1.82, 2.24) is 0 Å². The highest BCUT2D eigenvalue weighted by Gasteiger charge is 2.13. The first-order valence-electron chi connectivity index (χ1n) is 6.29. The molecule has 0 amide bonds. The van der Waals surface area contributed by atoms with Crippen LogP contribution in [-0.4, -0.2) is 5.78 Å². The lowest BCUT2D eigenvalue weighted by Gasteiger charge is -2.09. The van der Waals surface area contributed by atoms with Crippen LogP contribution in [0.3, 0.4) is 0 Å². The Morgan fingerprint density at radius 1 is 1.38 bits per heavy atom. The molecule has 0 aliphatic carbocycles. The molecule has 1 aromatic heterocycles. The summed E-state index contributed by atoms with van der Waals surface area (Å²) in [5.41, 5.74) is 0. The molecule has 0 spiro atoms. The van der Waals surface area contributed by atoms with Crippen molar-refractivity contribution in [3.05, 3.63) is 22.4 Å². The van der Waals surface area contributed by atoms with Gasteiger partial charge >= 0.3 is 0 Å². The first-order valence-corrected chi connectivity index (χ1v) is 7.17. The van der Waals surface area contributed by atoms with Gasteiger partial charge in [-0.15, -0.1) is 11.3 Å². The van der Waals surface area contributed by atoms with Gasteiger partial charge in [-0.2, -0.15) is 0 Å². The molecular formula is C14H22OS. The van der Waals surface area contributed by atoms with E-state index in [2.05, 4.69) is 13.8 Å². The number of carbonyl (C=O) groups is 1. The van der Waals surface area contributed by atoms with Crippen LogP contribution >= 0.6 is 11.3 Å². The topological polar surface area (TPSA) is 17.1 Å². The third-order valence-electron chi connectivity index (χ3n) is 2.97. The molecule has 0 aliphatic heterocycles. The maximum atomic E-state index is 11.9. The SMILES string of the molecule is CCCCCCC(C)C(=O)Cc1cccs1. The quantitative estimate of drug-likeness (QED) is 0.611. The highest BCUT2D eigenvalue weighted by molar-refractivity contribution is 7.10. The van der Waals surface area contributed by atoms with Gasteiger partial charge in [0, 0.05) is 17.2 Å². The van der Waals surface area contributed by atoms with Crippen molar-refractivity contribution in [3.63, 3.8) is 0 Å². The van der Waals surface area contributed by atoms with E-state index >= 15 is 0 Å². The van der Waals surface area contributed by atoms with Crippen LogP contribution in [0, 0.1) is 5.92 Å². The molecule has 0 fully saturated rings. The van der Waals surface area contributed by atoms with E-state index in [9.17, 15) is 4.79 Å². The van der Waals surface area contributed by atoms with Crippen molar-refractivity contribution in [1.29, 1.82) is 0 Å². The molecule has 0 radical (unpaired) electrons. The van der Waals surface area contributed by atoms with Crippen LogP contribution in [0.4, 0.5) is 0 Å². The molecule has 16 heavy (non-hydrogen) atoms. The Balaban J connectivity index is 2.20. The largest absolute Gasteiger partial charge is 0.299 e. The standard InChI is InChI=1S/C14H22OS/c1-3-4-5-6-8-12(2)14(15)11-13-9-7-10-16-13/h7,9-10,12H,3-6,8,11H2,1-2H3. The fourth-order valence-corrected chi connectivity index (χ4v) is 2.51.